The average Bonchev–Trinajstić information content (AvgIpc) is 3.22. The van der Waals surface area contributed by atoms with Crippen molar-refractivity contribution in [2.24, 2.45) is 0 Å². The predicted octanol–water partition coefficient (Wildman–Crippen LogP) is 2.45. The number of hydrogen-bond donors (Lipinski definition) is 1. The van der Waals surface area contributed by atoms with Gasteiger partial charge in [0.25, 0.3) is 5.91 Å². The molecule has 0 aromatic heterocycles. The van der Waals surface area contributed by atoms with Gasteiger partial charge in [-0.05, 0) is 43.0 Å². The summed E-state index contributed by atoms with van der Waals surface area (Å²) in [5, 5.41) is 0. The molecule has 0 bridgehead atoms. The summed E-state index contributed by atoms with van der Waals surface area (Å²) in [5.41, 5.74) is 1.41. The van der Waals surface area contributed by atoms with Crippen molar-refractivity contribution < 1.29 is 17.9 Å². The zero-order valence-electron chi connectivity index (χ0n) is 15.3. The lowest BCUT2D eigenvalue weighted by Crippen LogP contribution is -2.29. The van der Waals surface area contributed by atoms with Gasteiger partial charge in [0.1, 0.15) is 10.6 Å². The number of rotatable bonds is 7. The van der Waals surface area contributed by atoms with Crippen LogP contribution in [0.4, 0.5) is 0 Å². The van der Waals surface area contributed by atoms with Gasteiger partial charge in [-0.2, -0.15) is 0 Å². The molecule has 1 N–H and O–H groups in total. The van der Waals surface area contributed by atoms with Gasteiger partial charge >= 0.3 is 0 Å². The summed E-state index contributed by atoms with van der Waals surface area (Å²) in [7, 11) is -2.38. The molecule has 1 saturated heterocycles. The summed E-state index contributed by atoms with van der Waals surface area (Å²) < 4.78 is 33.4. The highest BCUT2D eigenvalue weighted by atomic mass is 32.2. The standard InChI is InChI=1S/C20H24N2O4S/c1-26-18-10-9-17(20(23)22-13-5-6-14-22)15-19(18)27(24,25)21-12-11-16-7-3-2-4-8-16/h2-4,7-10,15,21H,5-6,11-14H2,1H3. The van der Waals surface area contributed by atoms with E-state index in [4.69, 9.17) is 4.74 Å². The summed E-state index contributed by atoms with van der Waals surface area (Å²) in [6, 6.07) is 14.2. The minimum Gasteiger partial charge on any atom is -0.495 e. The molecular weight excluding hydrogens is 364 g/mol. The number of nitrogens with zero attached hydrogens (tertiary/aromatic N) is 1. The van der Waals surface area contributed by atoms with Gasteiger partial charge in [-0.15, -0.1) is 0 Å². The van der Waals surface area contributed by atoms with Gasteiger partial charge < -0.3 is 9.64 Å². The highest BCUT2D eigenvalue weighted by Gasteiger charge is 2.24. The number of sulfonamides is 1. The third-order valence-electron chi connectivity index (χ3n) is 4.64. The molecule has 1 heterocycles. The van der Waals surface area contributed by atoms with Crippen molar-refractivity contribution in [3.63, 3.8) is 0 Å². The highest BCUT2D eigenvalue weighted by molar-refractivity contribution is 7.89. The Bertz CT molecular complexity index is 891. The smallest absolute Gasteiger partial charge is 0.253 e. The minimum absolute atomic E-state index is 0.0110. The second-order valence-electron chi connectivity index (χ2n) is 6.50. The molecule has 0 atom stereocenters. The molecule has 7 heteroatoms. The van der Waals surface area contributed by atoms with Gasteiger partial charge in [0.15, 0.2) is 0 Å². The van der Waals surface area contributed by atoms with Crippen molar-refractivity contribution in [2.45, 2.75) is 24.2 Å². The first-order valence-electron chi connectivity index (χ1n) is 9.02. The summed E-state index contributed by atoms with van der Waals surface area (Å²) >= 11 is 0. The van der Waals surface area contributed by atoms with Gasteiger partial charge in [0.05, 0.1) is 7.11 Å². The molecular formula is C20H24N2O4S. The fourth-order valence-corrected chi connectivity index (χ4v) is 4.40. The van der Waals surface area contributed by atoms with Crippen molar-refractivity contribution in [2.75, 3.05) is 26.7 Å². The van der Waals surface area contributed by atoms with Crippen LogP contribution in [0.1, 0.15) is 28.8 Å². The lowest BCUT2D eigenvalue weighted by Gasteiger charge is -2.17. The van der Waals surface area contributed by atoms with Gasteiger partial charge in [0, 0.05) is 25.2 Å². The molecule has 3 rings (SSSR count). The third kappa shape index (κ3) is 4.67. The number of nitrogens with one attached hydrogen (secondary N) is 1. The maximum absolute atomic E-state index is 12.8. The van der Waals surface area contributed by atoms with Crippen molar-refractivity contribution in [3.8, 4) is 5.75 Å². The van der Waals surface area contributed by atoms with Crippen molar-refractivity contribution in [1.82, 2.24) is 9.62 Å². The zero-order valence-corrected chi connectivity index (χ0v) is 16.2. The number of carbonyl (C=O) groups excluding carboxylic acids is 1. The number of benzene rings is 2. The Morgan fingerprint density at radius 2 is 1.81 bits per heavy atom. The fourth-order valence-electron chi connectivity index (χ4n) is 3.17. The zero-order chi connectivity index (χ0) is 19.3. The molecule has 1 amide bonds. The van der Waals surface area contributed by atoms with Gasteiger partial charge in [0.2, 0.25) is 10.0 Å². The number of methoxy groups -OCH3 is 1. The fraction of sp³-hybridized carbons (Fsp3) is 0.350. The van der Waals surface area contributed by atoms with E-state index in [1.807, 2.05) is 30.3 Å². The van der Waals surface area contributed by atoms with Gasteiger partial charge in [-0.1, -0.05) is 30.3 Å². The molecule has 0 radical (unpaired) electrons. The molecule has 27 heavy (non-hydrogen) atoms. The van der Waals surface area contributed by atoms with Crippen LogP contribution in [0.5, 0.6) is 5.75 Å². The molecule has 144 valence electrons. The summed E-state index contributed by atoms with van der Waals surface area (Å²) in [4.78, 5) is 14.3. The van der Waals surface area contributed by atoms with Crippen LogP contribution in [0.3, 0.4) is 0 Å². The molecule has 1 fully saturated rings. The average molecular weight is 388 g/mol. The molecule has 0 aliphatic carbocycles. The maximum atomic E-state index is 12.8. The quantitative estimate of drug-likeness (QED) is 0.791. The Balaban J connectivity index is 1.77. The topological polar surface area (TPSA) is 75.7 Å². The maximum Gasteiger partial charge on any atom is 0.253 e. The van der Waals surface area contributed by atoms with Gasteiger partial charge in [-0.25, -0.2) is 13.1 Å². The normalized spacial score (nSPS) is 14.3. The van der Waals surface area contributed by atoms with Crippen LogP contribution in [-0.4, -0.2) is 46.0 Å². The first kappa shape index (κ1) is 19.4. The monoisotopic (exact) mass is 388 g/mol. The number of likely N-dealkylation sites (tertiary alicyclic amines) is 1. The Labute approximate surface area is 160 Å². The Morgan fingerprint density at radius 1 is 1.11 bits per heavy atom. The van der Waals surface area contributed by atoms with E-state index in [0.29, 0.717) is 25.1 Å². The van der Waals surface area contributed by atoms with Crippen LogP contribution in [-0.2, 0) is 16.4 Å². The number of carbonyl (C=O) groups is 1. The van der Waals surface area contributed by atoms with Crippen LogP contribution < -0.4 is 9.46 Å². The van der Waals surface area contributed by atoms with Crippen molar-refractivity contribution in [1.29, 1.82) is 0 Å². The Kier molecular flexibility index (Phi) is 6.13. The molecule has 2 aromatic carbocycles. The Hall–Kier alpha value is -2.38. The van der Waals surface area contributed by atoms with E-state index in [9.17, 15) is 13.2 Å². The molecule has 1 aliphatic heterocycles. The van der Waals surface area contributed by atoms with Crippen LogP contribution in [0.2, 0.25) is 0 Å². The van der Waals surface area contributed by atoms with E-state index in [0.717, 1.165) is 18.4 Å². The highest BCUT2D eigenvalue weighted by Crippen LogP contribution is 2.26. The predicted molar refractivity (Wildman–Crippen MR) is 103 cm³/mol. The summed E-state index contributed by atoms with van der Waals surface area (Å²) in [6.45, 7) is 1.68. The number of hydrogen-bond acceptors (Lipinski definition) is 4. The number of ether oxygens (including phenoxy) is 1. The van der Waals surface area contributed by atoms with E-state index in [-0.39, 0.29) is 23.1 Å². The third-order valence-corrected chi connectivity index (χ3v) is 6.12. The van der Waals surface area contributed by atoms with Crippen molar-refractivity contribution in [3.05, 3.63) is 59.7 Å². The van der Waals surface area contributed by atoms with E-state index >= 15 is 0 Å². The van der Waals surface area contributed by atoms with Crippen LogP contribution in [0, 0.1) is 0 Å². The largest absolute Gasteiger partial charge is 0.495 e. The van der Waals surface area contributed by atoms with Crippen LogP contribution in [0.15, 0.2) is 53.4 Å². The molecule has 0 unspecified atom stereocenters. The molecule has 6 nitrogen and oxygen atoms in total. The Morgan fingerprint density at radius 3 is 2.48 bits per heavy atom. The van der Waals surface area contributed by atoms with Crippen LogP contribution >= 0.6 is 0 Å². The summed E-state index contributed by atoms with van der Waals surface area (Å²) in [5.74, 6) is 0.0797. The molecule has 1 aliphatic rings. The van der Waals surface area contributed by atoms with E-state index in [2.05, 4.69) is 4.72 Å². The SMILES string of the molecule is COc1ccc(C(=O)N2CCCC2)cc1S(=O)(=O)NCCc1ccccc1. The van der Waals surface area contributed by atoms with Crippen LogP contribution in [0.25, 0.3) is 0 Å². The molecule has 0 saturated carbocycles. The summed E-state index contributed by atoms with van der Waals surface area (Å²) in [6.07, 6.45) is 2.54. The molecule has 2 aromatic rings. The number of amides is 1. The van der Waals surface area contributed by atoms with Crippen molar-refractivity contribution >= 4 is 15.9 Å². The second kappa shape index (κ2) is 8.54. The second-order valence-corrected chi connectivity index (χ2v) is 8.23. The lowest BCUT2D eigenvalue weighted by molar-refractivity contribution is 0.0792. The van der Waals surface area contributed by atoms with Gasteiger partial charge in [-0.3, -0.25) is 4.79 Å². The first-order valence-corrected chi connectivity index (χ1v) is 10.5. The van der Waals surface area contributed by atoms with E-state index in [1.165, 1.54) is 19.2 Å². The first-order chi connectivity index (χ1) is 13.0. The van der Waals surface area contributed by atoms with E-state index < -0.39 is 10.0 Å². The lowest BCUT2D eigenvalue weighted by atomic mass is 10.2. The minimum atomic E-state index is -3.80. The van der Waals surface area contributed by atoms with E-state index in [1.54, 1.807) is 11.0 Å². The molecule has 0 spiro atoms.